The van der Waals surface area contributed by atoms with E-state index in [1.807, 2.05) is 0 Å². The molecule has 1 aromatic carbocycles. The van der Waals surface area contributed by atoms with E-state index in [1.165, 1.54) is 12.1 Å². The summed E-state index contributed by atoms with van der Waals surface area (Å²) in [7, 11) is 0. The molecule has 0 aliphatic carbocycles. The van der Waals surface area contributed by atoms with Crippen LogP contribution in [0.1, 0.15) is 17.3 Å². The first kappa shape index (κ1) is 9.58. The zero-order valence-electron chi connectivity index (χ0n) is 8.14. The van der Waals surface area contributed by atoms with Crippen molar-refractivity contribution in [2.24, 2.45) is 0 Å². The van der Waals surface area contributed by atoms with Crippen molar-refractivity contribution in [1.29, 1.82) is 0 Å². The summed E-state index contributed by atoms with van der Waals surface area (Å²) >= 11 is 0. The smallest absolute Gasteiger partial charge is 0.250 e. The van der Waals surface area contributed by atoms with Crippen LogP contribution in [0.3, 0.4) is 0 Å². The standard InChI is InChI=1S/C11H9FN2O/c1-8-13-11(15-14-8)6-5-9-3-2-4-10(12)7-9/h2-7H,1H3/b6-5+. The van der Waals surface area contributed by atoms with Gasteiger partial charge in [-0.1, -0.05) is 17.3 Å². The minimum atomic E-state index is -0.265. The van der Waals surface area contributed by atoms with E-state index < -0.39 is 0 Å². The second-order valence-electron chi connectivity index (χ2n) is 3.07. The van der Waals surface area contributed by atoms with Crippen LogP contribution in [0, 0.1) is 12.7 Å². The lowest BCUT2D eigenvalue weighted by atomic mass is 10.2. The molecule has 15 heavy (non-hydrogen) atoms. The van der Waals surface area contributed by atoms with Crippen molar-refractivity contribution in [3.05, 3.63) is 47.4 Å². The van der Waals surface area contributed by atoms with Crippen LogP contribution >= 0.6 is 0 Å². The number of benzene rings is 1. The van der Waals surface area contributed by atoms with Gasteiger partial charge < -0.3 is 4.52 Å². The summed E-state index contributed by atoms with van der Waals surface area (Å²) in [5.41, 5.74) is 0.755. The van der Waals surface area contributed by atoms with Crippen LogP contribution < -0.4 is 0 Å². The average molecular weight is 204 g/mol. The first-order chi connectivity index (χ1) is 7.24. The van der Waals surface area contributed by atoms with E-state index in [0.717, 1.165) is 5.56 Å². The molecule has 0 spiro atoms. The lowest BCUT2D eigenvalue weighted by Crippen LogP contribution is -1.76. The summed E-state index contributed by atoms with van der Waals surface area (Å²) in [6.07, 6.45) is 3.37. The van der Waals surface area contributed by atoms with Gasteiger partial charge in [-0.15, -0.1) is 0 Å². The molecular weight excluding hydrogens is 195 g/mol. The fraction of sp³-hybridized carbons (Fsp3) is 0.0909. The van der Waals surface area contributed by atoms with Crippen LogP contribution in [0.25, 0.3) is 12.2 Å². The van der Waals surface area contributed by atoms with E-state index in [0.29, 0.717) is 11.7 Å². The Morgan fingerprint density at radius 3 is 2.87 bits per heavy atom. The highest BCUT2D eigenvalue weighted by Crippen LogP contribution is 2.08. The van der Waals surface area contributed by atoms with E-state index in [1.54, 1.807) is 31.2 Å². The molecular formula is C11H9FN2O. The number of hydrogen-bond acceptors (Lipinski definition) is 3. The maximum atomic E-state index is 12.8. The van der Waals surface area contributed by atoms with Gasteiger partial charge in [0.25, 0.3) is 5.89 Å². The van der Waals surface area contributed by atoms with Crippen molar-refractivity contribution in [1.82, 2.24) is 10.1 Å². The maximum absolute atomic E-state index is 12.8. The van der Waals surface area contributed by atoms with Gasteiger partial charge in [0, 0.05) is 6.08 Å². The summed E-state index contributed by atoms with van der Waals surface area (Å²) in [5.74, 6) is 0.726. The number of aromatic nitrogens is 2. The third-order valence-electron chi connectivity index (χ3n) is 1.81. The van der Waals surface area contributed by atoms with Crippen molar-refractivity contribution in [3.8, 4) is 0 Å². The topological polar surface area (TPSA) is 38.9 Å². The van der Waals surface area contributed by atoms with Crippen molar-refractivity contribution in [2.45, 2.75) is 6.92 Å². The average Bonchev–Trinajstić information content (AvgIpc) is 2.62. The molecule has 0 unspecified atom stereocenters. The van der Waals surface area contributed by atoms with E-state index in [-0.39, 0.29) is 5.82 Å². The SMILES string of the molecule is Cc1noc(/C=C/c2cccc(F)c2)n1. The number of nitrogens with zero attached hydrogens (tertiary/aromatic N) is 2. The Hall–Kier alpha value is -1.97. The van der Waals surface area contributed by atoms with Crippen molar-refractivity contribution < 1.29 is 8.91 Å². The monoisotopic (exact) mass is 204 g/mol. The summed E-state index contributed by atoms with van der Waals surface area (Å²) < 4.78 is 17.7. The molecule has 4 heteroatoms. The molecule has 0 aliphatic heterocycles. The summed E-state index contributed by atoms with van der Waals surface area (Å²) in [5, 5.41) is 3.64. The minimum absolute atomic E-state index is 0.265. The third-order valence-corrected chi connectivity index (χ3v) is 1.81. The summed E-state index contributed by atoms with van der Waals surface area (Å²) in [6, 6.07) is 6.27. The van der Waals surface area contributed by atoms with Crippen LogP contribution in [0.5, 0.6) is 0 Å². The molecule has 0 fully saturated rings. The molecule has 0 bridgehead atoms. The molecule has 0 atom stereocenters. The minimum Gasteiger partial charge on any atom is -0.335 e. The Bertz CT molecular complexity index is 491. The zero-order chi connectivity index (χ0) is 10.7. The second kappa shape index (κ2) is 4.04. The van der Waals surface area contributed by atoms with Crippen molar-refractivity contribution in [3.63, 3.8) is 0 Å². The number of aryl methyl sites for hydroxylation is 1. The van der Waals surface area contributed by atoms with Gasteiger partial charge in [-0.05, 0) is 30.7 Å². The predicted molar refractivity (Wildman–Crippen MR) is 54.4 cm³/mol. The van der Waals surface area contributed by atoms with Crippen LogP contribution in [0.4, 0.5) is 4.39 Å². The summed E-state index contributed by atoms with van der Waals surface area (Å²) in [6.45, 7) is 1.74. The third kappa shape index (κ3) is 2.49. The lowest BCUT2D eigenvalue weighted by Gasteiger charge is -1.91. The lowest BCUT2D eigenvalue weighted by molar-refractivity contribution is 0.405. The van der Waals surface area contributed by atoms with E-state index >= 15 is 0 Å². The van der Waals surface area contributed by atoms with Gasteiger partial charge in [0.05, 0.1) is 0 Å². The zero-order valence-corrected chi connectivity index (χ0v) is 8.14. The number of hydrogen-bond donors (Lipinski definition) is 0. The van der Waals surface area contributed by atoms with E-state index in [2.05, 4.69) is 10.1 Å². The molecule has 0 radical (unpaired) electrons. The Balaban J connectivity index is 2.18. The number of halogens is 1. The fourth-order valence-electron chi connectivity index (χ4n) is 1.16. The van der Waals surface area contributed by atoms with Gasteiger partial charge in [-0.2, -0.15) is 4.98 Å². The van der Waals surface area contributed by atoms with Gasteiger partial charge >= 0.3 is 0 Å². The van der Waals surface area contributed by atoms with Gasteiger partial charge in [0.1, 0.15) is 5.82 Å². The normalized spacial score (nSPS) is 11.1. The Labute approximate surface area is 86.2 Å². The Morgan fingerprint density at radius 2 is 2.20 bits per heavy atom. The highest BCUT2D eigenvalue weighted by Gasteiger charge is 1.96. The van der Waals surface area contributed by atoms with Gasteiger partial charge in [-0.3, -0.25) is 0 Å². The molecule has 2 aromatic rings. The maximum Gasteiger partial charge on any atom is 0.250 e. The van der Waals surface area contributed by atoms with Crippen LogP contribution in [-0.4, -0.2) is 10.1 Å². The van der Waals surface area contributed by atoms with E-state index in [9.17, 15) is 4.39 Å². The quantitative estimate of drug-likeness (QED) is 0.754. The molecule has 1 aromatic heterocycles. The fourth-order valence-corrected chi connectivity index (χ4v) is 1.16. The summed E-state index contributed by atoms with van der Waals surface area (Å²) in [4.78, 5) is 3.99. The van der Waals surface area contributed by atoms with Crippen LogP contribution in [-0.2, 0) is 0 Å². The van der Waals surface area contributed by atoms with Crippen LogP contribution in [0.2, 0.25) is 0 Å². The molecule has 0 aliphatic rings. The van der Waals surface area contributed by atoms with Crippen molar-refractivity contribution in [2.75, 3.05) is 0 Å². The van der Waals surface area contributed by atoms with Gasteiger partial charge in [0.2, 0.25) is 0 Å². The molecule has 0 N–H and O–H groups in total. The van der Waals surface area contributed by atoms with E-state index in [4.69, 9.17) is 4.52 Å². The van der Waals surface area contributed by atoms with Gasteiger partial charge in [0.15, 0.2) is 5.82 Å². The highest BCUT2D eigenvalue weighted by molar-refractivity contribution is 5.65. The molecule has 2 rings (SSSR count). The molecule has 0 amide bonds. The highest BCUT2D eigenvalue weighted by atomic mass is 19.1. The predicted octanol–water partition coefficient (Wildman–Crippen LogP) is 2.69. The first-order valence-electron chi connectivity index (χ1n) is 4.48. The Kier molecular flexibility index (Phi) is 2.58. The molecule has 1 heterocycles. The molecule has 0 saturated carbocycles. The van der Waals surface area contributed by atoms with Crippen molar-refractivity contribution >= 4 is 12.2 Å². The molecule has 76 valence electrons. The first-order valence-corrected chi connectivity index (χ1v) is 4.48. The Morgan fingerprint density at radius 1 is 1.33 bits per heavy atom. The van der Waals surface area contributed by atoms with Gasteiger partial charge in [-0.25, -0.2) is 4.39 Å². The number of rotatable bonds is 2. The largest absolute Gasteiger partial charge is 0.335 e. The molecule has 3 nitrogen and oxygen atoms in total. The second-order valence-corrected chi connectivity index (χ2v) is 3.07. The molecule has 0 saturated heterocycles. The van der Waals surface area contributed by atoms with Crippen LogP contribution in [0.15, 0.2) is 28.8 Å².